The lowest BCUT2D eigenvalue weighted by Gasteiger charge is -2.11. The Labute approximate surface area is 150 Å². The maximum Gasteiger partial charge on any atom is 0.315 e. The molecule has 9 heteroatoms. The van der Waals surface area contributed by atoms with Crippen LogP contribution in [0.1, 0.15) is 42.0 Å². The van der Waals surface area contributed by atoms with Crippen molar-refractivity contribution in [2.75, 3.05) is 13.1 Å². The second kappa shape index (κ2) is 9.03. The third-order valence-corrected chi connectivity index (χ3v) is 3.66. The highest BCUT2D eigenvalue weighted by Gasteiger charge is 2.16. The monoisotopic (exact) mass is 365 g/mol. The van der Waals surface area contributed by atoms with Gasteiger partial charge in [0.1, 0.15) is 6.04 Å². The number of urea groups is 1. The van der Waals surface area contributed by atoms with E-state index in [9.17, 15) is 9.59 Å². The SMILES string of the molecule is CCc1noc([C@@H](C)NC(=O)NCCNC(=O)c2ccccc2Cl)n1. The minimum atomic E-state index is -0.412. The van der Waals surface area contributed by atoms with Crippen molar-refractivity contribution in [2.24, 2.45) is 0 Å². The number of nitrogens with zero attached hydrogens (tertiary/aromatic N) is 2. The van der Waals surface area contributed by atoms with E-state index in [0.717, 1.165) is 0 Å². The van der Waals surface area contributed by atoms with E-state index in [1.165, 1.54) is 0 Å². The summed E-state index contributed by atoms with van der Waals surface area (Å²) in [5.74, 6) is 0.643. The Kier molecular flexibility index (Phi) is 6.76. The first-order valence-electron chi connectivity index (χ1n) is 7.90. The standard InChI is InChI=1S/C16H20ClN5O3/c1-3-13-21-15(25-22-13)10(2)20-16(24)19-9-8-18-14(23)11-6-4-5-7-12(11)17/h4-7,10H,3,8-9H2,1-2H3,(H,18,23)(H2,19,20,24)/t10-/m1/s1. The van der Waals surface area contributed by atoms with Gasteiger partial charge < -0.3 is 20.5 Å². The normalized spacial score (nSPS) is 11.6. The van der Waals surface area contributed by atoms with Crippen molar-refractivity contribution < 1.29 is 14.1 Å². The minimum absolute atomic E-state index is 0.263. The topological polar surface area (TPSA) is 109 Å². The smallest absolute Gasteiger partial charge is 0.315 e. The summed E-state index contributed by atoms with van der Waals surface area (Å²) in [6.45, 7) is 4.19. The van der Waals surface area contributed by atoms with Crippen LogP contribution >= 0.6 is 11.6 Å². The summed E-state index contributed by atoms with van der Waals surface area (Å²) < 4.78 is 5.06. The van der Waals surface area contributed by atoms with Crippen molar-refractivity contribution in [3.63, 3.8) is 0 Å². The van der Waals surface area contributed by atoms with Crippen molar-refractivity contribution in [3.8, 4) is 0 Å². The van der Waals surface area contributed by atoms with E-state index in [0.29, 0.717) is 28.7 Å². The van der Waals surface area contributed by atoms with Crippen molar-refractivity contribution in [3.05, 3.63) is 46.6 Å². The lowest BCUT2D eigenvalue weighted by Crippen LogP contribution is -2.41. The molecule has 0 saturated heterocycles. The molecule has 25 heavy (non-hydrogen) atoms. The molecule has 0 aliphatic heterocycles. The van der Waals surface area contributed by atoms with E-state index < -0.39 is 12.1 Å². The number of benzene rings is 1. The zero-order valence-electron chi connectivity index (χ0n) is 14.0. The molecule has 1 heterocycles. The largest absolute Gasteiger partial charge is 0.350 e. The van der Waals surface area contributed by atoms with E-state index >= 15 is 0 Å². The summed E-state index contributed by atoms with van der Waals surface area (Å²) in [6, 6.07) is 5.95. The molecule has 0 bridgehead atoms. The molecule has 1 aromatic heterocycles. The number of hydrogen-bond donors (Lipinski definition) is 3. The third-order valence-electron chi connectivity index (χ3n) is 3.33. The van der Waals surface area contributed by atoms with Crippen LogP contribution in [-0.2, 0) is 6.42 Å². The number of carbonyl (C=O) groups excluding carboxylic acids is 2. The molecule has 2 rings (SSSR count). The predicted molar refractivity (Wildman–Crippen MR) is 92.4 cm³/mol. The summed E-state index contributed by atoms with van der Waals surface area (Å²) in [4.78, 5) is 27.9. The minimum Gasteiger partial charge on any atom is -0.350 e. The van der Waals surface area contributed by atoms with Crippen molar-refractivity contribution in [1.29, 1.82) is 0 Å². The van der Waals surface area contributed by atoms with E-state index in [1.807, 2.05) is 6.92 Å². The molecule has 1 atom stereocenters. The van der Waals surface area contributed by atoms with Crippen molar-refractivity contribution in [1.82, 2.24) is 26.1 Å². The van der Waals surface area contributed by atoms with Gasteiger partial charge in [0.2, 0.25) is 5.89 Å². The van der Waals surface area contributed by atoms with Gasteiger partial charge in [0, 0.05) is 19.5 Å². The van der Waals surface area contributed by atoms with Crippen molar-refractivity contribution in [2.45, 2.75) is 26.3 Å². The van der Waals surface area contributed by atoms with Gasteiger partial charge in [-0.15, -0.1) is 0 Å². The molecule has 134 valence electrons. The Morgan fingerprint density at radius 3 is 2.64 bits per heavy atom. The van der Waals surface area contributed by atoms with E-state index in [-0.39, 0.29) is 19.0 Å². The van der Waals surface area contributed by atoms with Gasteiger partial charge in [-0.2, -0.15) is 4.98 Å². The number of halogens is 1. The highest BCUT2D eigenvalue weighted by Crippen LogP contribution is 2.14. The highest BCUT2D eigenvalue weighted by molar-refractivity contribution is 6.33. The van der Waals surface area contributed by atoms with Crippen LogP contribution in [0.3, 0.4) is 0 Å². The number of nitrogens with one attached hydrogen (secondary N) is 3. The molecule has 0 aliphatic carbocycles. The van der Waals surface area contributed by atoms with Gasteiger partial charge in [0.05, 0.1) is 10.6 Å². The Morgan fingerprint density at radius 1 is 1.24 bits per heavy atom. The van der Waals surface area contributed by atoms with Gasteiger partial charge >= 0.3 is 6.03 Å². The molecule has 0 radical (unpaired) electrons. The number of aryl methyl sites for hydroxylation is 1. The number of carbonyl (C=O) groups is 2. The molecule has 0 saturated carbocycles. The summed E-state index contributed by atoms with van der Waals surface area (Å²) >= 11 is 5.95. The second-order valence-corrected chi connectivity index (χ2v) is 5.67. The zero-order valence-corrected chi connectivity index (χ0v) is 14.8. The van der Waals surface area contributed by atoms with Crippen LogP contribution in [0.5, 0.6) is 0 Å². The lowest BCUT2D eigenvalue weighted by molar-refractivity contribution is 0.0954. The average Bonchev–Trinajstić information content (AvgIpc) is 3.08. The highest BCUT2D eigenvalue weighted by atomic mass is 35.5. The molecule has 3 N–H and O–H groups in total. The molecule has 8 nitrogen and oxygen atoms in total. The summed E-state index contributed by atoms with van der Waals surface area (Å²) in [5.41, 5.74) is 0.394. The third kappa shape index (κ3) is 5.46. The molecule has 2 aromatic rings. The van der Waals surface area contributed by atoms with Gasteiger partial charge in [-0.25, -0.2) is 4.79 Å². The fourth-order valence-corrected chi connectivity index (χ4v) is 2.21. The van der Waals surface area contributed by atoms with Gasteiger partial charge in [0.15, 0.2) is 5.82 Å². The number of rotatable bonds is 7. The van der Waals surface area contributed by atoms with E-state index in [2.05, 4.69) is 26.1 Å². The summed E-state index contributed by atoms with van der Waals surface area (Å²) in [5, 5.41) is 12.2. The lowest BCUT2D eigenvalue weighted by atomic mass is 10.2. The van der Waals surface area contributed by atoms with Gasteiger partial charge in [0.25, 0.3) is 5.91 Å². The van der Waals surface area contributed by atoms with Crippen LogP contribution in [0.15, 0.2) is 28.8 Å². The Balaban J connectivity index is 1.70. The maximum atomic E-state index is 12.0. The van der Waals surface area contributed by atoms with Gasteiger partial charge in [-0.05, 0) is 19.1 Å². The number of amides is 3. The second-order valence-electron chi connectivity index (χ2n) is 5.26. The van der Waals surface area contributed by atoms with Gasteiger partial charge in [-0.3, -0.25) is 4.79 Å². The fourth-order valence-electron chi connectivity index (χ4n) is 1.99. The summed E-state index contributed by atoms with van der Waals surface area (Å²) in [6.07, 6.45) is 0.660. The van der Waals surface area contributed by atoms with E-state index in [1.54, 1.807) is 31.2 Å². The summed E-state index contributed by atoms with van der Waals surface area (Å²) in [7, 11) is 0. The molecule has 0 spiro atoms. The molecule has 3 amide bonds. The Hall–Kier alpha value is -2.61. The number of aromatic nitrogens is 2. The molecule has 1 aromatic carbocycles. The average molecular weight is 366 g/mol. The Bertz CT molecular complexity index is 734. The van der Waals surface area contributed by atoms with Crippen LogP contribution in [0, 0.1) is 0 Å². The maximum absolute atomic E-state index is 12.0. The first-order valence-corrected chi connectivity index (χ1v) is 8.28. The fraction of sp³-hybridized carbons (Fsp3) is 0.375. The predicted octanol–water partition coefficient (Wildman–Crippen LogP) is 2.08. The molecule has 0 fully saturated rings. The van der Waals surface area contributed by atoms with Crippen molar-refractivity contribution >= 4 is 23.5 Å². The van der Waals surface area contributed by atoms with Crippen LogP contribution in [0.25, 0.3) is 0 Å². The Morgan fingerprint density at radius 2 is 1.96 bits per heavy atom. The van der Waals surface area contributed by atoms with Crippen LogP contribution < -0.4 is 16.0 Å². The van der Waals surface area contributed by atoms with Crippen LogP contribution in [0.2, 0.25) is 5.02 Å². The first kappa shape index (κ1) is 18.7. The van der Waals surface area contributed by atoms with E-state index in [4.69, 9.17) is 16.1 Å². The molecular weight excluding hydrogens is 346 g/mol. The van der Waals surface area contributed by atoms with Crippen LogP contribution in [-0.4, -0.2) is 35.2 Å². The first-order chi connectivity index (χ1) is 12.0. The quantitative estimate of drug-likeness (QED) is 0.651. The van der Waals surface area contributed by atoms with Gasteiger partial charge in [-0.1, -0.05) is 35.8 Å². The number of hydrogen-bond acceptors (Lipinski definition) is 5. The molecular formula is C16H20ClN5O3. The van der Waals surface area contributed by atoms with Crippen LogP contribution in [0.4, 0.5) is 4.79 Å². The molecule has 0 unspecified atom stereocenters. The molecule has 0 aliphatic rings. The zero-order chi connectivity index (χ0) is 18.2.